The Bertz CT molecular complexity index is 535. The molecule has 0 amide bonds. The third-order valence-electron chi connectivity index (χ3n) is 3.19. The van der Waals surface area contributed by atoms with Gasteiger partial charge >= 0.3 is 0 Å². The maximum absolute atomic E-state index is 13.1. The van der Waals surface area contributed by atoms with E-state index in [2.05, 4.69) is 4.90 Å². The summed E-state index contributed by atoms with van der Waals surface area (Å²) < 4.78 is 18.5. The van der Waals surface area contributed by atoms with Crippen LogP contribution in [-0.4, -0.2) is 6.04 Å². The summed E-state index contributed by atoms with van der Waals surface area (Å²) in [7, 11) is 0. The van der Waals surface area contributed by atoms with Crippen LogP contribution in [0.1, 0.15) is 18.6 Å². The van der Waals surface area contributed by atoms with E-state index in [1.54, 1.807) is 12.3 Å². The summed E-state index contributed by atoms with van der Waals surface area (Å²) in [5.41, 5.74) is 7.27. The van der Waals surface area contributed by atoms with Crippen molar-refractivity contribution in [3.05, 3.63) is 48.2 Å². The molecule has 0 atom stereocenters. The van der Waals surface area contributed by atoms with Crippen LogP contribution in [0.15, 0.2) is 41.0 Å². The minimum Gasteiger partial charge on any atom is -0.467 e. The topological polar surface area (TPSA) is 42.4 Å². The fraction of sp³-hybridized carbons (Fsp3) is 0.286. The number of hydrogen-bond donors (Lipinski definition) is 1. The number of halogens is 1. The maximum atomic E-state index is 13.1. The molecule has 0 bridgehead atoms. The molecule has 1 aromatic heterocycles. The van der Waals surface area contributed by atoms with E-state index in [0.717, 1.165) is 24.3 Å². The number of nitrogens with zero attached hydrogens (tertiary/aromatic N) is 1. The van der Waals surface area contributed by atoms with Crippen molar-refractivity contribution in [2.24, 2.45) is 0 Å². The van der Waals surface area contributed by atoms with E-state index in [1.165, 1.54) is 12.1 Å². The van der Waals surface area contributed by atoms with Crippen molar-refractivity contribution in [1.29, 1.82) is 0 Å². The van der Waals surface area contributed by atoms with Crippen LogP contribution in [0.5, 0.6) is 0 Å². The quantitative estimate of drug-likeness (QED) is 0.842. The number of anilines is 2. The van der Waals surface area contributed by atoms with Crippen LogP contribution in [0.3, 0.4) is 0 Å². The largest absolute Gasteiger partial charge is 0.467 e. The van der Waals surface area contributed by atoms with Gasteiger partial charge in [-0.3, -0.25) is 0 Å². The fourth-order valence-electron chi connectivity index (χ4n) is 2.15. The van der Waals surface area contributed by atoms with Crippen LogP contribution in [0, 0.1) is 5.82 Å². The molecule has 0 spiro atoms. The highest BCUT2D eigenvalue weighted by Gasteiger charge is 2.30. The molecule has 94 valence electrons. The normalized spacial score (nSPS) is 14.7. The van der Waals surface area contributed by atoms with Gasteiger partial charge in [0.2, 0.25) is 0 Å². The zero-order chi connectivity index (χ0) is 12.5. The molecular formula is C14H15FN2O. The number of nitrogens with two attached hydrogens (primary N) is 1. The van der Waals surface area contributed by atoms with Crippen LogP contribution in [0.4, 0.5) is 15.8 Å². The lowest BCUT2D eigenvalue weighted by Gasteiger charge is -2.25. The maximum Gasteiger partial charge on any atom is 0.125 e. The van der Waals surface area contributed by atoms with E-state index in [1.807, 2.05) is 12.1 Å². The van der Waals surface area contributed by atoms with Crippen molar-refractivity contribution < 1.29 is 8.81 Å². The molecule has 18 heavy (non-hydrogen) atoms. The summed E-state index contributed by atoms with van der Waals surface area (Å²) in [4.78, 5) is 2.19. The Morgan fingerprint density at radius 1 is 1.33 bits per heavy atom. The lowest BCUT2D eigenvalue weighted by Crippen LogP contribution is -2.25. The van der Waals surface area contributed by atoms with Gasteiger partial charge in [-0.05, 0) is 43.2 Å². The van der Waals surface area contributed by atoms with Crippen LogP contribution in [-0.2, 0) is 6.54 Å². The molecule has 0 saturated heterocycles. The summed E-state index contributed by atoms with van der Waals surface area (Å²) in [6.07, 6.45) is 3.96. The average molecular weight is 246 g/mol. The Kier molecular flexibility index (Phi) is 2.70. The first-order valence-electron chi connectivity index (χ1n) is 6.08. The number of rotatable bonds is 4. The summed E-state index contributed by atoms with van der Waals surface area (Å²) in [5.74, 6) is 0.593. The van der Waals surface area contributed by atoms with Crippen LogP contribution in [0.2, 0.25) is 0 Å². The number of furan rings is 1. The Morgan fingerprint density at radius 3 is 2.78 bits per heavy atom. The van der Waals surface area contributed by atoms with Crippen molar-refractivity contribution >= 4 is 11.4 Å². The van der Waals surface area contributed by atoms with Crippen molar-refractivity contribution in [1.82, 2.24) is 0 Å². The smallest absolute Gasteiger partial charge is 0.125 e. The summed E-state index contributed by atoms with van der Waals surface area (Å²) in [6, 6.07) is 8.86. The van der Waals surface area contributed by atoms with Gasteiger partial charge in [-0.25, -0.2) is 4.39 Å². The van der Waals surface area contributed by atoms with E-state index in [-0.39, 0.29) is 5.82 Å². The molecule has 0 radical (unpaired) electrons. The molecular weight excluding hydrogens is 231 g/mol. The van der Waals surface area contributed by atoms with Crippen molar-refractivity contribution in [2.75, 3.05) is 10.6 Å². The summed E-state index contributed by atoms with van der Waals surface area (Å²) >= 11 is 0. The fourth-order valence-corrected chi connectivity index (χ4v) is 2.15. The van der Waals surface area contributed by atoms with E-state index < -0.39 is 0 Å². The average Bonchev–Trinajstić information content (AvgIpc) is 3.05. The SMILES string of the molecule is Nc1cc(F)ccc1N(Cc1ccco1)C1CC1. The van der Waals surface area contributed by atoms with Crippen LogP contribution >= 0.6 is 0 Å². The lowest BCUT2D eigenvalue weighted by atomic mass is 10.2. The van der Waals surface area contributed by atoms with Crippen molar-refractivity contribution in [3.8, 4) is 0 Å². The highest BCUT2D eigenvalue weighted by molar-refractivity contribution is 5.68. The van der Waals surface area contributed by atoms with Gasteiger partial charge in [-0.15, -0.1) is 0 Å². The second kappa shape index (κ2) is 4.37. The van der Waals surface area contributed by atoms with Gasteiger partial charge in [0.25, 0.3) is 0 Å². The van der Waals surface area contributed by atoms with Crippen molar-refractivity contribution in [2.45, 2.75) is 25.4 Å². The number of benzene rings is 1. The van der Waals surface area contributed by atoms with Gasteiger partial charge < -0.3 is 15.1 Å². The van der Waals surface area contributed by atoms with E-state index in [4.69, 9.17) is 10.2 Å². The third-order valence-corrected chi connectivity index (χ3v) is 3.19. The molecule has 1 aliphatic carbocycles. The van der Waals surface area contributed by atoms with Gasteiger partial charge in [0, 0.05) is 6.04 Å². The van der Waals surface area contributed by atoms with Crippen LogP contribution < -0.4 is 10.6 Å². The monoisotopic (exact) mass is 246 g/mol. The number of hydrogen-bond acceptors (Lipinski definition) is 3. The molecule has 4 heteroatoms. The Hall–Kier alpha value is -1.97. The van der Waals surface area contributed by atoms with Crippen molar-refractivity contribution in [3.63, 3.8) is 0 Å². The molecule has 2 aromatic rings. The second-order valence-corrected chi connectivity index (χ2v) is 4.64. The minimum atomic E-state index is -0.301. The number of nitrogen functional groups attached to an aromatic ring is 1. The molecule has 1 heterocycles. The minimum absolute atomic E-state index is 0.301. The lowest BCUT2D eigenvalue weighted by molar-refractivity contribution is 0.501. The van der Waals surface area contributed by atoms with Gasteiger partial charge in [0.05, 0.1) is 24.2 Å². The highest BCUT2D eigenvalue weighted by Crippen LogP contribution is 2.36. The molecule has 1 aromatic carbocycles. The predicted octanol–water partition coefficient (Wildman–Crippen LogP) is 3.17. The molecule has 3 nitrogen and oxygen atoms in total. The van der Waals surface area contributed by atoms with Gasteiger partial charge in [-0.1, -0.05) is 0 Å². The van der Waals surface area contributed by atoms with Gasteiger partial charge in [-0.2, -0.15) is 0 Å². The standard InChI is InChI=1S/C14H15FN2O/c15-10-3-6-14(13(16)8-10)17(11-4-5-11)9-12-2-1-7-18-12/h1-3,6-8,11H,4-5,9,16H2. The van der Waals surface area contributed by atoms with E-state index in [9.17, 15) is 4.39 Å². The zero-order valence-electron chi connectivity index (χ0n) is 9.97. The van der Waals surface area contributed by atoms with Gasteiger partial charge in [0.1, 0.15) is 11.6 Å². The first-order chi connectivity index (χ1) is 8.74. The molecule has 1 fully saturated rings. The zero-order valence-corrected chi connectivity index (χ0v) is 9.97. The first-order valence-corrected chi connectivity index (χ1v) is 6.08. The highest BCUT2D eigenvalue weighted by atomic mass is 19.1. The molecule has 3 rings (SSSR count). The molecule has 0 unspecified atom stereocenters. The summed E-state index contributed by atoms with van der Waals surface area (Å²) in [6.45, 7) is 0.674. The molecule has 0 aliphatic heterocycles. The molecule has 1 saturated carbocycles. The third kappa shape index (κ3) is 2.18. The van der Waals surface area contributed by atoms with E-state index in [0.29, 0.717) is 18.3 Å². The Balaban J connectivity index is 1.89. The Labute approximate surface area is 105 Å². The second-order valence-electron chi connectivity index (χ2n) is 4.64. The summed E-state index contributed by atoms with van der Waals surface area (Å²) in [5, 5.41) is 0. The van der Waals surface area contributed by atoms with Crippen LogP contribution in [0.25, 0.3) is 0 Å². The first kappa shape index (κ1) is 11.1. The Morgan fingerprint density at radius 2 is 2.17 bits per heavy atom. The molecule has 2 N–H and O–H groups in total. The molecule has 1 aliphatic rings. The predicted molar refractivity (Wildman–Crippen MR) is 68.7 cm³/mol. The van der Waals surface area contributed by atoms with E-state index >= 15 is 0 Å². The van der Waals surface area contributed by atoms with Gasteiger partial charge in [0.15, 0.2) is 0 Å².